The molecule has 0 saturated heterocycles. The minimum Gasteiger partial charge on any atom is -0.235 e. The summed E-state index contributed by atoms with van der Waals surface area (Å²) in [5, 5.41) is 0.477. The van der Waals surface area contributed by atoms with Crippen LogP contribution < -0.4 is 0 Å². The second-order valence-electron chi connectivity index (χ2n) is 5.59. The lowest BCUT2D eigenvalue weighted by Gasteiger charge is -2.20. The summed E-state index contributed by atoms with van der Waals surface area (Å²) in [6.45, 7) is 6.28. The van der Waals surface area contributed by atoms with Gasteiger partial charge in [0, 0.05) is 10.3 Å². The smallest absolute Gasteiger partial charge is 0.146 e. The average Bonchev–Trinajstić information content (AvgIpc) is 2.38. The van der Waals surface area contributed by atoms with Gasteiger partial charge >= 0.3 is 0 Å². The predicted molar refractivity (Wildman–Crippen MR) is 94.4 cm³/mol. The van der Waals surface area contributed by atoms with Crippen molar-refractivity contribution in [3.63, 3.8) is 0 Å². The highest BCUT2D eigenvalue weighted by Gasteiger charge is 2.22. The topological polar surface area (TPSA) is 25.8 Å². The Labute approximate surface area is 147 Å². The van der Waals surface area contributed by atoms with Gasteiger partial charge < -0.3 is 0 Å². The van der Waals surface area contributed by atoms with Gasteiger partial charge in [0.1, 0.15) is 16.8 Å². The van der Waals surface area contributed by atoms with E-state index in [0.717, 1.165) is 14.2 Å². The average molecular weight is 437 g/mol. The van der Waals surface area contributed by atoms with E-state index in [0.29, 0.717) is 16.7 Å². The van der Waals surface area contributed by atoms with Crippen LogP contribution in [0.1, 0.15) is 32.3 Å². The van der Waals surface area contributed by atoms with Crippen LogP contribution in [0.3, 0.4) is 0 Å². The van der Waals surface area contributed by atoms with Crippen molar-refractivity contribution in [2.45, 2.75) is 36.8 Å². The summed E-state index contributed by atoms with van der Waals surface area (Å²) in [7, 11) is 0. The number of halogens is 3. The summed E-state index contributed by atoms with van der Waals surface area (Å²) in [6.07, 6.45) is 0. The fourth-order valence-corrected chi connectivity index (χ4v) is 3.76. The zero-order valence-electron chi connectivity index (χ0n) is 12.0. The van der Waals surface area contributed by atoms with Gasteiger partial charge in [-0.25, -0.2) is 14.4 Å². The van der Waals surface area contributed by atoms with Crippen LogP contribution in [-0.2, 0) is 11.2 Å². The van der Waals surface area contributed by atoms with Crippen molar-refractivity contribution in [3.8, 4) is 0 Å². The summed E-state index contributed by atoms with van der Waals surface area (Å²) in [5.41, 5.74) is 0.847. The monoisotopic (exact) mass is 436 g/mol. The molecular formula is C15H15ClFIN2S. The van der Waals surface area contributed by atoms with Gasteiger partial charge in [-0.05, 0) is 40.8 Å². The summed E-state index contributed by atoms with van der Waals surface area (Å²) in [6, 6.07) is 6.50. The van der Waals surface area contributed by atoms with Gasteiger partial charge in [-0.15, -0.1) is 11.8 Å². The molecule has 1 aromatic heterocycles. The Morgan fingerprint density at radius 2 is 2.00 bits per heavy atom. The highest BCUT2D eigenvalue weighted by Crippen LogP contribution is 2.30. The number of thioether (sulfide) groups is 1. The largest absolute Gasteiger partial charge is 0.235 e. The molecule has 0 radical (unpaired) electrons. The summed E-state index contributed by atoms with van der Waals surface area (Å²) in [5.74, 6) is 0.986. The van der Waals surface area contributed by atoms with Crippen LogP contribution in [0.25, 0.3) is 0 Å². The van der Waals surface area contributed by atoms with E-state index in [2.05, 4.69) is 53.3 Å². The number of aromatic nitrogens is 2. The van der Waals surface area contributed by atoms with Gasteiger partial charge in [0.15, 0.2) is 0 Å². The molecule has 0 aliphatic heterocycles. The summed E-state index contributed by atoms with van der Waals surface area (Å²) in [4.78, 5) is 9.79. The number of hydrogen-bond acceptors (Lipinski definition) is 3. The standard InChI is InChI=1S/C15H15ClFIN2S/c1-15(2,3)13-12(18)14(16)20-11(19-13)8-21-10-6-4-5-9(17)7-10/h4-7H,8H2,1-3H3. The molecule has 0 aliphatic rings. The van der Waals surface area contributed by atoms with E-state index in [-0.39, 0.29) is 11.2 Å². The predicted octanol–water partition coefficient (Wildman–Crippen LogP) is 5.46. The maximum atomic E-state index is 13.2. The van der Waals surface area contributed by atoms with Crippen molar-refractivity contribution < 1.29 is 4.39 Å². The zero-order valence-corrected chi connectivity index (χ0v) is 15.7. The van der Waals surface area contributed by atoms with Crippen LogP contribution in [0, 0.1) is 9.39 Å². The second-order valence-corrected chi connectivity index (χ2v) is 8.07. The molecule has 0 bridgehead atoms. The quantitative estimate of drug-likeness (QED) is 0.363. The molecule has 0 saturated carbocycles. The fourth-order valence-electron chi connectivity index (χ4n) is 1.73. The first kappa shape index (κ1) is 17.0. The Hall–Kier alpha value is -0.400. The Balaban J connectivity index is 2.23. The van der Waals surface area contributed by atoms with Gasteiger partial charge in [-0.3, -0.25) is 0 Å². The molecule has 0 aliphatic carbocycles. The maximum Gasteiger partial charge on any atom is 0.146 e. The molecule has 0 atom stereocenters. The molecule has 0 fully saturated rings. The molecule has 112 valence electrons. The van der Waals surface area contributed by atoms with E-state index in [1.807, 2.05) is 6.07 Å². The van der Waals surface area contributed by atoms with E-state index in [4.69, 9.17) is 11.6 Å². The molecule has 1 heterocycles. The number of benzene rings is 1. The molecule has 6 heteroatoms. The Morgan fingerprint density at radius 3 is 2.62 bits per heavy atom. The number of nitrogens with zero attached hydrogens (tertiary/aromatic N) is 2. The van der Waals surface area contributed by atoms with Crippen LogP contribution in [0.15, 0.2) is 29.2 Å². The lowest BCUT2D eigenvalue weighted by molar-refractivity contribution is 0.559. The molecule has 1 aromatic carbocycles. The van der Waals surface area contributed by atoms with Crippen molar-refractivity contribution in [2.24, 2.45) is 0 Å². The van der Waals surface area contributed by atoms with Crippen LogP contribution in [0.5, 0.6) is 0 Å². The van der Waals surface area contributed by atoms with Crippen molar-refractivity contribution in [3.05, 3.63) is 50.3 Å². The van der Waals surface area contributed by atoms with Crippen molar-refractivity contribution in [1.29, 1.82) is 0 Å². The molecule has 2 aromatic rings. The highest BCUT2D eigenvalue weighted by atomic mass is 127. The minimum atomic E-state index is -0.239. The van der Waals surface area contributed by atoms with Gasteiger partial charge in [0.25, 0.3) is 0 Å². The minimum absolute atomic E-state index is 0.0959. The zero-order chi connectivity index (χ0) is 15.6. The molecule has 0 amide bonds. The third-order valence-corrected chi connectivity index (χ3v) is 5.34. The van der Waals surface area contributed by atoms with Crippen LogP contribution in [0.4, 0.5) is 4.39 Å². The number of hydrogen-bond donors (Lipinski definition) is 0. The first-order chi connectivity index (χ1) is 9.77. The molecular weight excluding hydrogens is 422 g/mol. The van der Waals surface area contributed by atoms with Gasteiger partial charge in [-0.2, -0.15) is 0 Å². The fraction of sp³-hybridized carbons (Fsp3) is 0.333. The Kier molecular flexibility index (Phi) is 5.48. The molecule has 0 unspecified atom stereocenters. The van der Waals surface area contributed by atoms with Crippen LogP contribution in [-0.4, -0.2) is 9.97 Å². The van der Waals surface area contributed by atoms with Crippen molar-refractivity contribution in [1.82, 2.24) is 9.97 Å². The lowest BCUT2D eigenvalue weighted by atomic mass is 9.92. The van der Waals surface area contributed by atoms with E-state index in [9.17, 15) is 4.39 Å². The van der Waals surface area contributed by atoms with Gasteiger partial charge in [-0.1, -0.05) is 38.4 Å². The summed E-state index contributed by atoms with van der Waals surface area (Å²) >= 11 is 9.88. The van der Waals surface area contributed by atoms with Crippen LogP contribution in [0.2, 0.25) is 5.15 Å². The van der Waals surface area contributed by atoms with Crippen molar-refractivity contribution in [2.75, 3.05) is 0 Å². The molecule has 0 N–H and O–H groups in total. The van der Waals surface area contributed by atoms with Crippen molar-refractivity contribution >= 4 is 46.0 Å². The highest BCUT2D eigenvalue weighted by molar-refractivity contribution is 14.1. The second kappa shape index (κ2) is 6.79. The SMILES string of the molecule is CC(C)(C)c1nc(CSc2cccc(F)c2)nc(Cl)c1I. The van der Waals surface area contributed by atoms with E-state index < -0.39 is 0 Å². The molecule has 2 rings (SSSR count). The first-order valence-electron chi connectivity index (χ1n) is 6.38. The number of rotatable bonds is 3. The third-order valence-electron chi connectivity index (χ3n) is 2.73. The molecule has 2 nitrogen and oxygen atoms in total. The summed E-state index contributed by atoms with van der Waals surface area (Å²) < 4.78 is 14.1. The third kappa shape index (κ3) is 4.53. The Bertz CT molecular complexity index is 659. The van der Waals surface area contributed by atoms with Crippen LogP contribution >= 0.6 is 46.0 Å². The van der Waals surface area contributed by atoms with E-state index >= 15 is 0 Å². The van der Waals surface area contributed by atoms with E-state index in [1.165, 1.54) is 23.9 Å². The first-order valence-corrected chi connectivity index (χ1v) is 8.82. The molecule has 21 heavy (non-hydrogen) atoms. The maximum absolute atomic E-state index is 13.2. The normalized spacial score (nSPS) is 11.7. The Morgan fingerprint density at radius 1 is 1.29 bits per heavy atom. The lowest BCUT2D eigenvalue weighted by Crippen LogP contribution is -2.18. The molecule has 0 spiro atoms. The van der Waals surface area contributed by atoms with Gasteiger partial charge in [0.2, 0.25) is 0 Å². The van der Waals surface area contributed by atoms with E-state index in [1.54, 1.807) is 6.07 Å². The van der Waals surface area contributed by atoms with Gasteiger partial charge in [0.05, 0.1) is 15.0 Å².